The molecule has 1 atom stereocenters. The molecule has 0 saturated carbocycles. The van der Waals surface area contributed by atoms with Crippen molar-refractivity contribution in [3.63, 3.8) is 0 Å². The Balaban J connectivity index is 2.04. The molecule has 0 radical (unpaired) electrons. The van der Waals surface area contributed by atoms with Crippen molar-refractivity contribution >= 4 is 18.4 Å². The van der Waals surface area contributed by atoms with Crippen LogP contribution in [-0.4, -0.2) is 33.8 Å². The lowest BCUT2D eigenvalue weighted by Gasteiger charge is -2.09. The highest BCUT2D eigenvalue weighted by Gasteiger charge is 2.21. The smallest absolute Gasteiger partial charge is 0.296 e. The van der Waals surface area contributed by atoms with Crippen molar-refractivity contribution in [3.05, 3.63) is 44.1 Å². The summed E-state index contributed by atoms with van der Waals surface area (Å²) in [5.74, 6) is 1.52. The lowest BCUT2D eigenvalue weighted by molar-refractivity contribution is 0.254. The van der Waals surface area contributed by atoms with E-state index < -0.39 is 0 Å². The van der Waals surface area contributed by atoms with Gasteiger partial charge in [0.1, 0.15) is 23.3 Å². The van der Waals surface area contributed by atoms with Crippen molar-refractivity contribution in [2.75, 3.05) is 6.61 Å². The number of hydrogen-bond acceptors (Lipinski definition) is 6. The summed E-state index contributed by atoms with van der Waals surface area (Å²) in [6, 6.07) is 3.84. The number of fused-ring (bicyclic) bond motifs is 1. The molecule has 1 aliphatic rings. The largest absolute Gasteiger partial charge is 0.493 e. The van der Waals surface area contributed by atoms with E-state index in [-0.39, 0.29) is 22.1 Å². The molecule has 1 aliphatic heterocycles. The summed E-state index contributed by atoms with van der Waals surface area (Å²) >= 11 is 5.07. The number of H-pyrrole nitrogens is 1. The highest BCUT2D eigenvalue weighted by atomic mass is 32.1. The Labute approximate surface area is 143 Å². The SMILES string of the molecule is CCOc1cc2c(cc1/C=N\n1c(=S)[nH]nc(C)c1=O)O[C@@H](C)C2. The Morgan fingerprint density at radius 3 is 3.12 bits per heavy atom. The van der Waals surface area contributed by atoms with Gasteiger partial charge in [0.25, 0.3) is 5.56 Å². The third-order valence-electron chi connectivity index (χ3n) is 3.65. The van der Waals surface area contributed by atoms with Crippen molar-refractivity contribution in [3.8, 4) is 11.5 Å². The molecule has 126 valence electrons. The Kier molecular flexibility index (Phi) is 4.48. The molecule has 1 N–H and O–H groups in total. The standard InChI is InChI=1S/C16H18N4O3S/c1-4-22-13-6-11-5-9(2)23-14(11)7-12(13)8-17-20-15(21)10(3)18-19-16(20)24/h6-9H,4-5H2,1-3H3,(H,19,24)/b17-8-/t9-/m0/s1. The summed E-state index contributed by atoms with van der Waals surface area (Å²) in [6.07, 6.45) is 2.53. The second-order valence-electron chi connectivity index (χ2n) is 5.54. The van der Waals surface area contributed by atoms with Gasteiger partial charge in [-0.2, -0.15) is 14.9 Å². The van der Waals surface area contributed by atoms with Crippen LogP contribution in [0.15, 0.2) is 22.0 Å². The molecule has 0 amide bonds. The van der Waals surface area contributed by atoms with Gasteiger partial charge in [0.15, 0.2) is 0 Å². The van der Waals surface area contributed by atoms with Gasteiger partial charge in [-0.05, 0) is 45.1 Å². The minimum atomic E-state index is -0.362. The average Bonchev–Trinajstić information content (AvgIpc) is 2.90. The molecule has 2 aromatic rings. The molecule has 2 heterocycles. The fraction of sp³-hybridized carbons (Fsp3) is 0.375. The van der Waals surface area contributed by atoms with Gasteiger partial charge in [0, 0.05) is 17.5 Å². The van der Waals surface area contributed by atoms with E-state index in [4.69, 9.17) is 21.7 Å². The van der Waals surface area contributed by atoms with Crippen molar-refractivity contribution in [1.82, 2.24) is 14.9 Å². The van der Waals surface area contributed by atoms with Gasteiger partial charge in [-0.25, -0.2) is 0 Å². The van der Waals surface area contributed by atoms with E-state index in [1.54, 1.807) is 13.1 Å². The van der Waals surface area contributed by atoms with Crippen LogP contribution in [0.5, 0.6) is 11.5 Å². The molecule has 0 saturated heterocycles. The van der Waals surface area contributed by atoms with Gasteiger partial charge in [0.05, 0.1) is 12.8 Å². The molecule has 7 nitrogen and oxygen atoms in total. The quantitative estimate of drug-likeness (QED) is 0.678. The Morgan fingerprint density at radius 2 is 2.38 bits per heavy atom. The molecule has 0 fully saturated rings. The Morgan fingerprint density at radius 1 is 1.58 bits per heavy atom. The normalized spacial score (nSPS) is 16.2. The number of aromatic amines is 1. The first kappa shape index (κ1) is 16.4. The summed E-state index contributed by atoms with van der Waals surface area (Å²) in [5, 5.41) is 10.6. The summed E-state index contributed by atoms with van der Waals surface area (Å²) in [7, 11) is 0. The zero-order valence-corrected chi connectivity index (χ0v) is 14.5. The number of nitrogens with one attached hydrogen (secondary N) is 1. The first-order valence-electron chi connectivity index (χ1n) is 7.68. The van der Waals surface area contributed by atoms with Crippen LogP contribution in [0.3, 0.4) is 0 Å². The van der Waals surface area contributed by atoms with Crippen LogP contribution < -0.4 is 15.0 Å². The molecule has 0 aliphatic carbocycles. The first-order chi connectivity index (χ1) is 11.5. The molecule has 3 rings (SSSR count). The lowest BCUT2D eigenvalue weighted by Crippen LogP contribution is -2.22. The summed E-state index contributed by atoms with van der Waals surface area (Å²) in [4.78, 5) is 12.1. The predicted molar refractivity (Wildman–Crippen MR) is 92.8 cm³/mol. The highest BCUT2D eigenvalue weighted by molar-refractivity contribution is 7.71. The number of rotatable bonds is 4. The highest BCUT2D eigenvalue weighted by Crippen LogP contribution is 2.34. The molecular weight excluding hydrogens is 328 g/mol. The van der Waals surface area contributed by atoms with E-state index in [1.807, 2.05) is 26.0 Å². The number of benzene rings is 1. The fourth-order valence-electron chi connectivity index (χ4n) is 2.53. The molecular formula is C16H18N4O3S. The second-order valence-corrected chi connectivity index (χ2v) is 5.93. The third-order valence-corrected chi connectivity index (χ3v) is 3.92. The maximum atomic E-state index is 12.1. The summed E-state index contributed by atoms with van der Waals surface area (Å²) in [6.45, 7) is 6.06. The van der Waals surface area contributed by atoms with Crippen LogP contribution in [0.1, 0.15) is 30.7 Å². The number of ether oxygens (including phenoxy) is 2. The number of aryl methyl sites for hydroxylation is 1. The molecule has 8 heteroatoms. The monoisotopic (exact) mass is 346 g/mol. The third kappa shape index (κ3) is 3.09. The van der Waals surface area contributed by atoms with Gasteiger partial charge >= 0.3 is 0 Å². The van der Waals surface area contributed by atoms with E-state index in [2.05, 4.69) is 15.3 Å². The van der Waals surface area contributed by atoms with E-state index in [0.29, 0.717) is 12.4 Å². The second kappa shape index (κ2) is 6.56. The van der Waals surface area contributed by atoms with Crippen molar-refractivity contribution < 1.29 is 9.47 Å². The van der Waals surface area contributed by atoms with Gasteiger partial charge in [-0.3, -0.25) is 9.89 Å². The number of aromatic nitrogens is 3. The van der Waals surface area contributed by atoms with Gasteiger partial charge < -0.3 is 9.47 Å². The molecule has 0 bridgehead atoms. The maximum absolute atomic E-state index is 12.1. The van der Waals surface area contributed by atoms with E-state index in [0.717, 1.165) is 28.0 Å². The molecule has 0 spiro atoms. The van der Waals surface area contributed by atoms with Crippen molar-refractivity contribution in [2.45, 2.75) is 33.3 Å². The number of nitrogens with zero attached hydrogens (tertiary/aromatic N) is 3. The average molecular weight is 346 g/mol. The van der Waals surface area contributed by atoms with Gasteiger partial charge in [0.2, 0.25) is 4.77 Å². The Hall–Kier alpha value is -2.48. The van der Waals surface area contributed by atoms with Crippen LogP contribution in [0, 0.1) is 11.7 Å². The Bertz CT molecular complexity index is 917. The van der Waals surface area contributed by atoms with Crippen molar-refractivity contribution in [2.24, 2.45) is 5.10 Å². The van der Waals surface area contributed by atoms with Crippen LogP contribution >= 0.6 is 12.2 Å². The van der Waals surface area contributed by atoms with Crippen LogP contribution in [0.2, 0.25) is 0 Å². The molecule has 1 aromatic carbocycles. The fourth-order valence-corrected chi connectivity index (χ4v) is 2.71. The topological polar surface area (TPSA) is 81.5 Å². The van der Waals surface area contributed by atoms with Gasteiger partial charge in [-0.15, -0.1) is 0 Å². The maximum Gasteiger partial charge on any atom is 0.296 e. The van der Waals surface area contributed by atoms with E-state index in [9.17, 15) is 4.79 Å². The molecule has 0 unspecified atom stereocenters. The molecule has 24 heavy (non-hydrogen) atoms. The predicted octanol–water partition coefficient (Wildman–Crippen LogP) is 2.21. The minimum absolute atomic E-state index is 0.130. The molecule has 1 aromatic heterocycles. The van der Waals surface area contributed by atoms with Crippen LogP contribution in [0.25, 0.3) is 0 Å². The number of hydrogen-bond donors (Lipinski definition) is 1. The van der Waals surface area contributed by atoms with Crippen molar-refractivity contribution in [1.29, 1.82) is 0 Å². The van der Waals surface area contributed by atoms with Crippen LogP contribution in [0.4, 0.5) is 0 Å². The van der Waals surface area contributed by atoms with Crippen LogP contribution in [-0.2, 0) is 6.42 Å². The zero-order chi connectivity index (χ0) is 17.3. The van der Waals surface area contributed by atoms with Gasteiger partial charge in [-0.1, -0.05) is 0 Å². The zero-order valence-electron chi connectivity index (χ0n) is 13.7. The van der Waals surface area contributed by atoms with E-state index in [1.165, 1.54) is 0 Å². The first-order valence-corrected chi connectivity index (χ1v) is 8.09. The summed E-state index contributed by atoms with van der Waals surface area (Å²) < 4.78 is 12.7. The lowest BCUT2D eigenvalue weighted by atomic mass is 10.1. The minimum Gasteiger partial charge on any atom is -0.493 e. The summed E-state index contributed by atoms with van der Waals surface area (Å²) in [5.41, 5.74) is 1.76. The van der Waals surface area contributed by atoms with E-state index >= 15 is 0 Å².